The molecule has 2 heterocycles. The molecule has 0 unspecified atom stereocenters. The maximum absolute atomic E-state index is 11.0. The lowest BCUT2D eigenvalue weighted by molar-refractivity contribution is 0.0919. The number of anilines is 1. The highest BCUT2D eigenvalue weighted by Crippen LogP contribution is 2.21. The van der Waals surface area contributed by atoms with Crippen molar-refractivity contribution in [1.29, 1.82) is 5.26 Å². The van der Waals surface area contributed by atoms with Crippen LogP contribution in [0.15, 0.2) is 24.3 Å². The normalized spacial score (nSPS) is 20.3. The number of amides is 1. The average molecular weight is 314 g/mol. The van der Waals surface area contributed by atoms with Gasteiger partial charge in [0.25, 0.3) is 0 Å². The molecule has 6 heteroatoms. The monoisotopic (exact) mass is 314 g/mol. The van der Waals surface area contributed by atoms with E-state index in [0.717, 1.165) is 39.0 Å². The van der Waals surface area contributed by atoms with Gasteiger partial charge in [0.2, 0.25) is 0 Å². The number of rotatable bonds is 2. The summed E-state index contributed by atoms with van der Waals surface area (Å²) in [6, 6.07) is 10.4. The Bertz CT molecular complexity index is 580. The second-order valence-corrected chi connectivity index (χ2v) is 6.18. The van der Waals surface area contributed by atoms with Crippen LogP contribution < -0.4 is 4.90 Å². The predicted molar refractivity (Wildman–Crippen MR) is 87.6 cm³/mol. The summed E-state index contributed by atoms with van der Waals surface area (Å²) in [5, 5.41) is 17.9. The van der Waals surface area contributed by atoms with E-state index >= 15 is 0 Å². The molecule has 0 aliphatic carbocycles. The Morgan fingerprint density at radius 1 is 1.04 bits per heavy atom. The number of benzene rings is 1. The third-order valence-electron chi connectivity index (χ3n) is 4.93. The standard InChI is InChI=1S/C17H22N4O2/c18-13-14-1-3-15(4-2-14)19-9-11-20(12-10-19)16-5-7-21(8-6-16)17(22)23/h1-4,16H,5-12H2,(H,22,23). The smallest absolute Gasteiger partial charge is 0.407 e. The van der Waals surface area contributed by atoms with Gasteiger partial charge in [-0.15, -0.1) is 0 Å². The highest BCUT2D eigenvalue weighted by atomic mass is 16.4. The third-order valence-corrected chi connectivity index (χ3v) is 4.93. The van der Waals surface area contributed by atoms with Crippen molar-refractivity contribution >= 4 is 11.8 Å². The van der Waals surface area contributed by atoms with Gasteiger partial charge in [0, 0.05) is 51.0 Å². The van der Waals surface area contributed by atoms with Gasteiger partial charge >= 0.3 is 6.09 Å². The highest BCUT2D eigenvalue weighted by molar-refractivity contribution is 5.65. The molecule has 122 valence electrons. The zero-order valence-electron chi connectivity index (χ0n) is 13.2. The molecule has 1 aromatic carbocycles. The molecular weight excluding hydrogens is 292 g/mol. The number of carboxylic acid groups (broad SMARTS) is 1. The van der Waals surface area contributed by atoms with Crippen molar-refractivity contribution in [3.8, 4) is 6.07 Å². The van der Waals surface area contributed by atoms with Gasteiger partial charge in [-0.1, -0.05) is 0 Å². The lowest BCUT2D eigenvalue weighted by Gasteiger charge is -2.43. The van der Waals surface area contributed by atoms with Crippen LogP contribution in [0, 0.1) is 11.3 Å². The van der Waals surface area contributed by atoms with E-state index in [4.69, 9.17) is 10.4 Å². The molecule has 0 saturated carbocycles. The topological polar surface area (TPSA) is 70.8 Å². The van der Waals surface area contributed by atoms with Crippen molar-refractivity contribution in [2.45, 2.75) is 18.9 Å². The van der Waals surface area contributed by atoms with Crippen molar-refractivity contribution in [2.24, 2.45) is 0 Å². The molecule has 1 amide bonds. The van der Waals surface area contributed by atoms with Crippen molar-refractivity contribution < 1.29 is 9.90 Å². The van der Waals surface area contributed by atoms with Crippen LogP contribution in [0.25, 0.3) is 0 Å². The predicted octanol–water partition coefficient (Wildman–Crippen LogP) is 1.82. The first kappa shape index (κ1) is 15.6. The SMILES string of the molecule is N#Cc1ccc(N2CCN(C3CCN(C(=O)O)CC3)CC2)cc1. The summed E-state index contributed by atoms with van der Waals surface area (Å²) in [6.07, 6.45) is 1.07. The van der Waals surface area contributed by atoms with E-state index in [0.29, 0.717) is 24.7 Å². The molecule has 23 heavy (non-hydrogen) atoms. The van der Waals surface area contributed by atoms with Crippen LogP contribution in [0.2, 0.25) is 0 Å². The fourth-order valence-corrected chi connectivity index (χ4v) is 3.51. The van der Waals surface area contributed by atoms with E-state index in [9.17, 15) is 4.79 Å². The number of hydrogen-bond acceptors (Lipinski definition) is 4. The maximum Gasteiger partial charge on any atom is 0.407 e. The van der Waals surface area contributed by atoms with E-state index < -0.39 is 6.09 Å². The zero-order valence-corrected chi connectivity index (χ0v) is 13.2. The molecule has 2 fully saturated rings. The minimum atomic E-state index is -0.797. The van der Waals surface area contributed by atoms with Crippen LogP contribution >= 0.6 is 0 Å². The Kier molecular flexibility index (Phi) is 4.68. The fraction of sp³-hybridized carbons (Fsp3) is 0.529. The lowest BCUT2D eigenvalue weighted by atomic mass is 10.0. The molecular formula is C17H22N4O2. The quantitative estimate of drug-likeness (QED) is 0.901. The van der Waals surface area contributed by atoms with Gasteiger partial charge in [-0.05, 0) is 37.1 Å². The molecule has 1 aromatic rings. The minimum absolute atomic E-state index is 0.508. The molecule has 2 saturated heterocycles. The van der Waals surface area contributed by atoms with Crippen LogP contribution in [0.4, 0.5) is 10.5 Å². The number of nitrogens with zero attached hydrogens (tertiary/aromatic N) is 4. The summed E-state index contributed by atoms with van der Waals surface area (Å²) < 4.78 is 0. The molecule has 0 aromatic heterocycles. The van der Waals surface area contributed by atoms with Gasteiger partial charge < -0.3 is 14.9 Å². The Labute approximate surface area is 136 Å². The van der Waals surface area contributed by atoms with Crippen LogP contribution in [-0.4, -0.2) is 66.3 Å². The number of nitriles is 1. The second kappa shape index (κ2) is 6.88. The maximum atomic E-state index is 11.0. The van der Waals surface area contributed by atoms with Crippen molar-refractivity contribution in [3.05, 3.63) is 29.8 Å². The van der Waals surface area contributed by atoms with E-state index in [2.05, 4.69) is 15.9 Å². The first-order chi connectivity index (χ1) is 11.2. The molecule has 0 bridgehead atoms. The molecule has 2 aliphatic heterocycles. The van der Waals surface area contributed by atoms with Gasteiger partial charge in [-0.3, -0.25) is 4.90 Å². The van der Waals surface area contributed by atoms with E-state index in [-0.39, 0.29) is 0 Å². The van der Waals surface area contributed by atoms with E-state index in [1.165, 1.54) is 10.6 Å². The van der Waals surface area contributed by atoms with Gasteiger partial charge in [-0.25, -0.2) is 4.79 Å². The number of piperazine rings is 1. The van der Waals surface area contributed by atoms with Crippen molar-refractivity contribution in [3.63, 3.8) is 0 Å². The largest absolute Gasteiger partial charge is 0.465 e. The van der Waals surface area contributed by atoms with E-state index in [1.807, 2.05) is 24.3 Å². The van der Waals surface area contributed by atoms with Crippen LogP contribution in [-0.2, 0) is 0 Å². The minimum Gasteiger partial charge on any atom is -0.465 e. The first-order valence-electron chi connectivity index (χ1n) is 8.14. The van der Waals surface area contributed by atoms with Gasteiger partial charge in [0.05, 0.1) is 11.6 Å². The Hall–Kier alpha value is -2.26. The second-order valence-electron chi connectivity index (χ2n) is 6.18. The molecule has 1 N–H and O–H groups in total. The summed E-state index contributed by atoms with van der Waals surface area (Å²) in [4.78, 5) is 17.3. The Balaban J connectivity index is 1.50. The van der Waals surface area contributed by atoms with E-state index in [1.54, 1.807) is 0 Å². The van der Waals surface area contributed by atoms with Gasteiger partial charge in [-0.2, -0.15) is 5.26 Å². The molecule has 0 spiro atoms. The molecule has 2 aliphatic rings. The third kappa shape index (κ3) is 3.57. The summed E-state index contributed by atoms with van der Waals surface area (Å²) in [6.45, 7) is 5.28. The molecule has 0 atom stereocenters. The Morgan fingerprint density at radius 2 is 1.65 bits per heavy atom. The zero-order chi connectivity index (χ0) is 16.2. The van der Waals surface area contributed by atoms with Crippen molar-refractivity contribution in [1.82, 2.24) is 9.80 Å². The first-order valence-corrected chi connectivity index (χ1v) is 8.14. The van der Waals surface area contributed by atoms with Crippen LogP contribution in [0.3, 0.4) is 0 Å². The molecule has 6 nitrogen and oxygen atoms in total. The van der Waals surface area contributed by atoms with Crippen LogP contribution in [0.5, 0.6) is 0 Å². The summed E-state index contributed by atoms with van der Waals surface area (Å²) in [7, 11) is 0. The Morgan fingerprint density at radius 3 is 2.17 bits per heavy atom. The fourth-order valence-electron chi connectivity index (χ4n) is 3.51. The summed E-state index contributed by atoms with van der Waals surface area (Å²) in [5.41, 5.74) is 1.86. The van der Waals surface area contributed by atoms with Crippen molar-refractivity contribution in [2.75, 3.05) is 44.2 Å². The molecule has 3 rings (SSSR count). The lowest BCUT2D eigenvalue weighted by Crippen LogP contribution is -2.53. The average Bonchev–Trinajstić information content (AvgIpc) is 2.62. The number of carbonyl (C=O) groups is 1. The van der Waals surface area contributed by atoms with Gasteiger partial charge in [0.1, 0.15) is 0 Å². The highest BCUT2D eigenvalue weighted by Gasteiger charge is 2.28. The summed E-state index contributed by atoms with van der Waals surface area (Å²) >= 11 is 0. The molecule has 0 radical (unpaired) electrons. The van der Waals surface area contributed by atoms with Gasteiger partial charge in [0.15, 0.2) is 0 Å². The van der Waals surface area contributed by atoms with Crippen LogP contribution in [0.1, 0.15) is 18.4 Å². The number of likely N-dealkylation sites (tertiary alicyclic amines) is 1. The summed E-state index contributed by atoms with van der Waals surface area (Å²) in [5.74, 6) is 0. The number of hydrogen-bond donors (Lipinski definition) is 1. The number of piperidine rings is 1.